The molecule has 3 nitrogen and oxygen atoms in total. The summed E-state index contributed by atoms with van der Waals surface area (Å²) in [6.45, 7) is 13.5. The van der Waals surface area contributed by atoms with E-state index in [-0.39, 0.29) is 0 Å². The topological polar surface area (TPSA) is 37.8 Å². The van der Waals surface area contributed by atoms with Crippen LogP contribution in [0.3, 0.4) is 0 Å². The molecule has 2 rings (SSSR count). The van der Waals surface area contributed by atoms with Crippen molar-refractivity contribution in [3.05, 3.63) is 16.5 Å². The number of hydrogen-bond acceptors (Lipinski definition) is 3. The molecule has 1 aromatic rings. The smallest absolute Gasteiger partial charge is 0.137 e. The fourth-order valence-electron chi connectivity index (χ4n) is 3.97. The highest BCUT2D eigenvalue weighted by Gasteiger charge is 2.38. The first-order valence-corrected chi connectivity index (χ1v) is 8.29. The lowest BCUT2D eigenvalue weighted by Gasteiger charge is -2.45. The second-order valence-corrected chi connectivity index (χ2v) is 8.37. The van der Waals surface area contributed by atoms with Crippen molar-refractivity contribution < 1.29 is 0 Å². The van der Waals surface area contributed by atoms with Crippen molar-refractivity contribution in [1.82, 2.24) is 9.97 Å². The van der Waals surface area contributed by atoms with Gasteiger partial charge in [0, 0.05) is 18.0 Å². The molecular weight excluding hydrogens is 282 g/mol. The Hall–Kier alpha value is -0.830. The van der Waals surface area contributed by atoms with Crippen LogP contribution in [-0.4, -0.2) is 16.0 Å². The molecule has 4 heteroatoms. The molecule has 0 radical (unpaired) electrons. The molecule has 0 unspecified atom stereocenters. The Bertz CT molecular complexity index is 507. The van der Waals surface area contributed by atoms with Gasteiger partial charge in [-0.2, -0.15) is 0 Å². The molecule has 0 atom stereocenters. The van der Waals surface area contributed by atoms with Crippen molar-refractivity contribution in [2.75, 3.05) is 5.32 Å². The zero-order valence-electron chi connectivity index (χ0n) is 14.2. The molecule has 1 fully saturated rings. The minimum absolute atomic E-state index is 0.359. The summed E-state index contributed by atoms with van der Waals surface area (Å²) in [5, 5.41) is 4.21. The second kappa shape index (κ2) is 5.75. The summed E-state index contributed by atoms with van der Waals surface area (Å²) >= 11 is 6.24. The van der Waals surface area contributed by atoms with Gasteiger partial charge in [-0.25, -0.2) is 9.97 Å². The van der Waals surface area contributed by atoms with Gasteiger partial charge in [0.25, 0.3) is 0 Å². The predicted octanol–water partition coefficient (Wildman–Crippen LogP) is 5.02. The highest BCUT2D eigenvalue weighted by Crippen LogP contribution is 2.46. The number of nitrogens with zero attached hydrogens (tertiary/aromatic N) is 2. The second-order valence-electron chi connectivity index (χ2n) is 8.01. The Morgan fingerprint density at radius 3 is 2.24 bits per heavy atom. The van der Waals surface area contributed by atoms with E-state index in [2.05, 4.69) is 49.9 Å². The van der Waals surface area contributed by atoms with Crippen molar-refractivity contribution >= 4 is 17.4 Å². The van der Waals surface area contributed by atoms with Crippen LogP contribution in [0.5, 0.6) is 0 Å². The van der Waals surface area contributed by atoms with E-state index < -0.39 is 0 Å². The third kappa shape index (κ3) is 4.09. The Labute approximate surface area is 133 Å². The van der Waals surface area contributed by atoms with Crippen molar-refractivity contribution in [2.24, 2.45) is 10.8 Å². The van der Waals surface area contributed by atoms with E-state index in [0.29, 0.717) is 22.0 Å². The highest BCUT2D eigenvalue weighted by molar-refractivity contribution is 6.30. The van der Waals surface area contributed by atoms with Crippen LogP contribution in [0, 0.1) is 17.8 Å². The third-order valence-corrected chi connectivity index (χ3v) is 4.71. The molecule has 0 bridgehead atoms. The lowest BCUT2D eigenvalue weighted by Crippen LogP contribution is -2.40. The van der Waals surface area contributed by atoms with Crippen molar-refractivity contribution in [3.63, 3.8) is 0 Å². The van der Waals surface area contributed by atoms with Crippen molar-refractivity contribution in [3.8, 4) is 0 Å². The summed E-state index contributed by atoms with van der Waals surface area (Å²) in [6.07, 6.45) is 4.40. The molecule has 0 spiro atoms. The van der Waals surface area contributed by atoms with E-state index in [1.807, 2.05) is 6.92 Å². The first-order valence-electron chi connectivity index (χ1n) is 7.91. The van der Waals surface area contributed by atoms with Gasteiger partial charge >= 0.3 is 0 Å². The number of rotatable bonds is 3. The van der Waals surface area contributed by atoms with E-state index in [4.69, 9.17) is 11.6 Å². The summed E-state index contributed by atoms with van der Waals surface area (Å²) in [4.78, 5) is 8.95. The van der Waals surface area contributed by atoms with Crippen LogP contribution in [0.25, 0.3) is 0 Å². The molecule has 0 saturated heterocycles. The fourth-order valence-corrected chi connectivity index (χ4v) is 4.16. The van der Waals surface area contributed by atoms with Crippen LogP contribution in [0.2, 0.25) is 5.15 Å². The molecule has 0 aliphatic heterocycles. The van der Waals surface area contributed by atoms with Crippen LogP contribution in [0.4, 0.5) is 5.82 Å². The number of aryl methyl sites for hydroxylation is 1. The third-order valence-electron chi connectivity index (χ3n) is 4.34. The quantitative estimate of drug-likeness (QED) is 0.797. The summed E-state index contributed by atoms with van der Waals surface area (Å²) in [7, 11) is 0. The van der Waals surface area contributed by atoms with Crippen LogP contribution >= 0.6 is 11.6 Å². The van der Waals surface area contributed by atoms with Crippen LogP contribution in [0.1, 0.15) is 65.3 Å². The van der Waals surface area contributed by atoms with Gasteiger partial charge in [0.2, 0.25) is 0 Å². The van der Waals surface area contributed by atoms with Gasteiger partial charge in [0.1, 0.15) is 16.8 Å². The minimum Gasteiger partial charge on any atom is -0.367 e. The van der Waals surface area contributed by atoms with E-state index in [0.717, 1.165) is 23.6 Å². The summed E-state index contributed by atoms with van der Waals surface area (Å²) < 4.78 is 0. The molecule has 1 aliphatic carbocycles. The molecule has 21 heavy (non-hydrogen) atoms. The highest BCUT2D eigenvalue weighted by atomic mass is 35.5. The monoisotopic (exact) mass is 309 g/mol. The van der Waals surface area contributed by atoms with Gasteiger partial charge < -0.3 is 5.32 Å². The van der Waals surface area contributed by atoms with Gasteiger partial charge in [-0.05, 0) is 37.0 Å². The predicted molar refractivity (Wildman–Crippen MR) is 90.0 cm³/mol. The van der Waals surface area contributed by atoms with E-state index in [1.54, 1.807) is 0 Å². The standard InChI is InChI=1S/C17H28ClN3/c1-7-13-20-14(18)11(2)15(21-13)19-12-8-16(3,4)10-17(5,6)9-12/h12H,7-10H2,1-6H3,(H,19,20,21). The van der Waals surface area contributed by atoms with Crippen molar-refractivity contribution in [2.45, 2.75) is 73.3 Å². The zero-order chi connectivity index (χ0) is 15.8. The molecule has 118 valence electrons. The normalized spacial score (nSPS) is 21.3. The van der Waals surface area contributed by atoms with Crippen molar-refractivity contribution in [1.29, 1.82) is 0 Å². The average molecular weight is 310 g/mol. The maximum atomic E-state index is 6.24. The molecule has 1 N–H and O–H groups in total. The molecule has 0 amide bonds. The number of nitrogens with one attached hydrogen (secondary N) is 1. The SMILES string of the molecule is CCc1nc(Cl)c(C)c(NC2CC(C)(C)CC(C)(C)C2)n1. The van der Waals surface area contributed by atoms with E-state index in [9.17, 15) is 0 Å². The van der Waals surface area contributed by atoms with Gasteiger partial charge in [-0.1, -0.05) is 46.2 Å². The lowest BCUT2D eigenvalue weighted by molar-refractivity contribution is 0.105. The molecule has 0 aromatic carbocycles. The molecule has 1 saturated carbocycles. The Morgan fingerprint density at radius 1 is 1.14 bits per heavy atom. The number of hydrogen-bond donors (Lipinski definition) is 1. The maximum Gasteiger partial charge on any atom is 0.137 e. The first-order chi connectivity index (χ1) is 9.62. The fraction of sp³-hybridized carbons (Fsp3) is 0.765. The average Bonchev–Trinajstić information content (AvgIpc) is 2.30. The van der Waals surface area contributed by atoms with Crippen LogP contribution in [0.15, 0.2) is 0 Å². The summed E-state index contributed by atoms with van der Waals surface area (Å²) in [5.74, 6) is 1.72. The first kappa shape index (κ1) is 16.5. The largest absolute Gasteiger partial charge is 0.367 e. The number of anilines is 1. The number of aromatic nitrogens is 2. The lowest BCUT2D eigenvalue weighted by atomic mass is 9.63. The minimum atomic E-state index is 0.359. The maximum absolute atomic E-state index is 6.24. The van der Waals surface area contributed by atoms with Gasteiger partial charge in [-0.15, -0.1) is 0 Å². The Balaban J connectivity index is 2.23. The molecule has 1 aromatic heterocycles. The molecule has 1 aliphatic rings. The Kier molecular flexibility index (Phi) is 4.53. The Morgan fingerprint density at radius 2 is 1.71 bits per heavy atom. The van der Waals surface area contributed by atoms with E-state index >= 15 is 0 Å². The molecular formula is C17H28ClN3. The van der Waals surface area contributed by atoms with Gasteiger partial charge in [0.15, 0.2) is 0 Å². The van der Waals surface area contributed by atoms with Gasteiger partial charge in [0.05, 0.1) is 0 Å². The number of halogens is 1. The van der Waals surface area contributed by atoms with E-state index in [1.165, 1.54) is 19.3 Å². The van der Waals surface area contributed by atoms with Gasteiger partial charge in [-0.3, -0.25) is 0 Å². The zero-order valence-corrected chi connectivity index (χ0v) is 14.9. The summed E-state index contributed by atoms with van der Waals surface area (Å²) in [6, 6.07) is 0.443. The summed E-state index contributed by atoms with van der Waals surface area (Å²) in [5.41, 5.74) is 1.67. The van der Waals surface area contributed by atoms with Crippen LogP contribution in [-0.2, 0) is 6.42 Å². The molecule has 1 heterocycles. The van der Waals surface area contributed by atoms with Crippen LogP contribution < -0.4 is 5.32 Å².